The zero-order valence-corrected chi connectivity index (χ0v) is 13.4. The predicted molar refractivity (Wildman–Crippen MR) is 90.6 cm³/mol. The van der Waals surface area contributed by atoms with Crippen LogP contribution in [0.3, 0.4) is 0 Å². The van der Waals surface area contributed by atoms with E-state index < -0.39 is 23.3 Å². The first-order valence-corrected chi connectivity index (χ1v) is 7.73. The molecule has 0 fully saturated rings. The quantitative estimate of drug-likeness (QED) is 0.545. The van der Waals surface area contributed by atoms with E-state index in [1.165, 1.54) is 0 Å². The van der Waals surface area contributed by atoms with Crippen LogP contribution >= 0.6 is 0 Å². The lowest BCUT2D eigenvalue weighted by molar-refractivity contribution is -0.137. The number of carboxylic acid groups (broad SMARTS) is 1. The van der Waals surface area contributed by atoms with Crippen LogP contribution < -0.4 is 5.32 Å². The molecule has 0 radical (unpaired) electrons. The second kappa shape index (κ2) is 6.62. The molecule has 0 aliphatic heterocycles. The summed E-state index contributed by atoms with van der Waals surface area (Å²) < 4.78 is 38.2. The molecule has 1 aromatic heterocycles. The molecule has 1 heterocycles. The second-order valence-corrected chi connectivity index (χ2v) is 5.78. The van der Waals surface area contributed by atoms with Crippen molar-refractivity contribution < 1.29 is 28.2 Å². The van der Waals surface area contributed by atoms with Gasteiger partial charge in [0.15, 0.2) is 0 Å². The number of halogens is 3. The maximum Gasteiger partial charge on any atom is 0.416 e. The van der Waals surface area contributed by atoms with Crippen LogP contribution in [0, 0.1) is 0 Å². The number of H-pyrrole nitrogens is 1. The van der Waals surface area contributed by atoms with Crippen molar-refractivity contribution in [3.63, 3.8) is 0 Å². The summed E-state index contributed by atoms with van der Waals surface area (Å²) in [6.07, 6.45) is -2.31. The number of aromatic hydroxyl groups is 1. The molecular weight excluding hydrogens is 349 g/mol. The summed E-state index contributed by atoms with van der Waals surface area (Å²) in [5.41, 5.74) is 0.403. The number of phenols is 1. The van der Waals surface area contributed by atoms with Gasteiger partial charge in [0.25, 0.3) is 0 Å². The lowest BCUT2D eigenvalue weighted by Gasteiger charge is -2.13. The van der Waals surface area contributed by atoms with Gasteiger partial charge in [-0.25, -0.2) is 4.79 Å². The third-order valence-electron chi connectivity index (χ3n) is 4.04. The monoisotopic (exact) mass is 364 g/mol. The Morgan fingerprint density at radius 3 is 2.62 bits per heavy atom. The van der Waals surface area contributed by atoms with Crippen LogP contribution in [0.25, 0.3) is 10.9 Å². The molecule has 5 nitrogen and oxygen atoms in total. The van der Waals surface area contributed by atoms with Crippen molar-refractivity contribution in [3.8, 4) is 5.75 Å². The summed E-state index contributed by atoms with van der Waals surface area (Å²) in [4.78, 5) is 14.3. The third-order valence-corrected chi connectivity index (χ3v) is 4.04. The van der Waals surface area contributed by atoms with Crippen molar-refractivity contribution in [1.29, 1.82) is 0 Å². The minimum Gasteiger partial charge on any atom is -0.508 e. The van der Waals surface area contributed by atoms with E-state index in [-0.39, 0.29) is 11.4 Å². The smallest absolute Gasteiger partial charge is 0.416 e. The van der Waals surface area contributed by atoms with Gasteiger partial charge in [0.2, 0.25) is 0 Å². The van der Waals surface area contributed by atoms with Crippen LogP contribution in [0.5, 0.6) is 5.75 Å². The number of phenolic OH excluding ortho intramolecular Hbond substituents is 1. The van der Waals surface area contributed by atoms with Crippen molar-refractivity contribution >= 4 is 22.6 Å². The van der Waals surface area contributed by atoms with Gasteiger partial charge in [-0.3, -0.25) is 0 Å². The fraction of sp³-hybridized carbons (Fsp3) is 0.167. The van der Waals surface area contributed by atoms with E-state index in [2.05, 4.69) is 10.3 Å². The Bertz CT molecular complexity index is 964. The van der Waals surface area contributed by atoms with Crippen LogP contribution in [0.1, 0.15) is 21.5 Å². The molecule has 26 heavy (non-hydrogen) atoms. The summed E-state index contributed by atoms with van der Waals surface area (Å²) in [6, 6.07) is 7.51. The fourth-order valence-electron chi connectivity index (χ4n) is 2.76. The number of benzene rings is 2. The number of hydrogen-bond donors (Lipinski definition) is 4. The molecule has 3 rings (SSSR count). The largest absolute Gasteiger partial charge is 0.508 e. The molecule has 0 atom stereocenters. The lowest BCUT2D eigenvalue weighted by Crippen LogP contribution is -2.12. The summed E-state index contributed by atoms with van der Waals surface area (Å²) in [5.74, 6) is -1.29. The summed E-state index contributed by atoms with van der Waals surface area (Å²) in [5, 5.41) is 22.4. The van der Waals surface area contributed by atoms with Gasteiger partial charge in [-0.2, -0.15) is 13.2 Å². The zero-order valence-electron chi connectivity index (χ0n) is 13.4. The summed E-state index contributed by atoms with van der Waals surface area (Å²) >= 11 is 0. The van der Waals surface area contributed by atoms with E-state index in [0.717, 1.165) is 28.6 Å². The van der Waals surface area contributed by atoms with Crippen molar-refractivity contribution in [2.75, 3.05) is 11.9 Å². The van der Waals surface area contributed by atoms with E-state index in [1.54, 1.807) is 24.4 Å². The Morgan fingerprint density at radius 1 is 1.15 bits per heavy atom. The van der Waals surface area contributed by atoms with Gasteiger partial charge in [-0.05, 0) is 42.3 Å². The molecule has 0 unspecified atom stereocenters. The standard InChI is InChI=1S/C18H15F3N2O3/c19-18(20,21)11-1-4-15(14(7-11)17(25)26)22-6-5-10-9-23-16-8-12(24)2-3-13(10)16/h1-4,7-9,22-24H,5-6H2,(H,25,26). The van der Waals surface area contributed by atoms with Gasteiger partial charge < -0.3 is 20.5 Å². The highest BCUT2D eigenvalue weighted by atomic mass is 19.4. The molecule has 0 amide bonds. The van der Waals surface area contributed by atoms with Crippen molar-refractivity contribution in [2.45, 2.75) is 12.6 Å². The van der Waals surface area contributed by atoms with E-state index in [1.807, 2.05) is 0 Å². The number of fused-ring (bicyclic) bond motifs is 1. The number of aromatic amines is 1. The Morgan fingerprint density at radius 2 is 1.92 bits per heavy atom. The van der Waals surface area contributed by atoms with Gasteiger partial charge in [-0.1, -0.05) is 0 Å². The highest BCUT2D eigenvalue weighted by Crippen LogP contribution is 2.32. The predicted octanol–water partition coefficient (Wildman–Crippen LogP) is 4.25. The van der Waals surface area contributed by atoms with E-state index in [4.69, 9.17) is 0 Å². The molecule has 8 heteroatoms. The number of aromatic nitrogens is 1. The van der Waals surface area contributed by atoms with Gasteiger partial charge in [0.1, 0.15) is 5.75 Å². The first-order valence-electron chi connectivity index (χ1n) is 7.73. The number of alkyl halides is 3. The fourth-order valence-corrected chi connectivity index (χ4v) is 2.76. The van der Waals surface area contributed by atoms with Gasteiger partial charge >= 0.3 is 12.1 Å². The van der Waals surface area contributed by atoms with E-state index >= 15 is 0 Å². The summed E-state index contributed by atoms with van der Waals surface area (Å²) in [6.45, 7) is 0.333. The Balaban J connectivity index is 1.75. The maximum absolute atomic E-state index is 12.7. The van der Waals surface area contributed by atoms with Crippen LogP contribution in [0.2, 0.25) is 0 Å². The number of carbonyl (C=O) groups is 1. The Hall–Kier alpha value is -3.16. The molecule has 0 aliphatic carbocycles. The van der Waals surface area contributed by atoms with Crippen molar-refractivity contribution in [2.24, 2.45) is 0 Å². The minimum atomic E-state index is -4.60. The third kappa shape index (κ3) is 3.58. The highest BCUT2D eigenvalue weighted by Gasteiger charge is 2.31. The number of hydrogen-bond acceptors (Lipinski definition) is 3. The molecule has 4 N–H and O–H groups in total. The average molecular weight is 364 g/mol. The topological polar surface area (TPSA) is 85.4 Å². The molecule has 0 bridgehead atoms. The number of aromatic carboxylic acids is 1. The van der Waals surface area contributed by atoms with Crippen LogP contribution in [-0.2, 0) is 12.6 Å². The van der Waals surface area contributed by atoms with Crippen molar-refractivity contribution in [3.05, 3.63) is 59.3 Å². The number of nitrogens with one attached hydrogen (secondary N) is 2. The van der Waals surface area contributed by atoms with Crippen LogP contribution in [0.15, 0.2) is 42.6 Å². The SMILES string of the molecule is O=C(O)c1cc(C(F)(F)F)ccc1NCCc1c[nH]c2cc(O)ccc12. The Labute approximate surface area is 146 Å². The maximum atomic E-state index is 12.7. The van der Waals surface area contributed by atoms with Gasteiger partial charge in [0, 0.05) is 35.4 Å². The zero-order chi connectivity index (χ0) is 18.9. The molecule has 3 aromatic rings. The molecule has 2 aromatic carbocycles. The normalized spacial score (nSPS) is 11.7. The van der Waals surface area contributed by atoms with Crippen LogP contribution in [0.4, 0.5) is 18.9 Å². The van der Waals surface area contributed by atoms with Gasteiger partial charge in [-0.15, -0.1) is 0 Å². The van der Waals surface area contributed by atoms with Crippen LogP contribution in [-0.4, -0.2) is 27.7 Å². The molecule has 136 valence electrons. The first-order chi connectivity index (χ1) is 12.3. The summed E-state index contributed by atoms with van der Waals surface area (Å²) in [7, 11) is 0. The van der Waals surface area contributed by atoms with E-state index in [0.29, 0.717) is 19.0 Å². The second-order valence-electron chi connectivity index (χ2n) is 5.78. The lowest BCUT2D eigenvalue weighted by atomic mass is 10.1. The molecular formula is C18H15F3N2O3. The average Bonchev–Trinajstić information content (AvgIpc) is 2.96. The van der Waals surface area contributed by atoms with Gasteiger partial charge in [0.05, 0.1) is 11.1 Å². The number of carboxylic acids is 1. The number of anilines is 1. The molecule has 0 saturated carbocycles. The van der Waals surface area contributed by atoms with Crippen molar-refractivity contribution in [1.82, 2.24) is 4.98 Å². The molecule has 0 spiro atoms. The molecule has 0 aliphatic rings. The highest BCUT2D eigenvalue weighted by molar-refractivity contribution is 5.94. The van der Waals surface area contributed by atoms with E-state index in [9.17, 15) is 28.2 Å². The first kappa shape index (κ1) is 17.7. The number of rotatable bonds is 5. The Kier molecular flexibility index (Phi) is 4.50. The molecule has 0 saturated heterocycles. The minimum absolute atomic E-state index is 0.128.